The second kappa shape index (κ2) is 4.82. The molecule has 0 aromatic heterocycles. The van der Waals surface area contributed by atoms with E-state index in [0.717, 1.165) is 12.8 Å². The minimum Gasteiger partial charge on any atom is -0.375 e. The molecule has 1 heterocycles. The molecule has 14 heavy (non-hydrogen) atoms. The van der Waals surface area contributed by atoms with Crippen LogP contribution in [0.25, 0.3) is 0 Å². The van der Waals surface area contributed by atoms with Gasteiger partial charge >= 0.3 is 0 Å². The normalized spacial score (nSPS) is 39.4. The van der Waals surface area contributed by atoms with Crippen molar-refractivity contribution >= 4 is 0 Å². The van der Waals surface area contributed by atoms with Gasteiger partial charge in [-0.2, -0.15) is 0 Å². The van der Waals surface area contributed by atoms with Gasteiger partial charge in [-0.15, -0.1) is 12.3 Å². The van der Waals surface area contributed by atoms with Gasteiger partial charge < -0.3 is 10.5 Å². The Labute approximate surface area is 87.2 Å². The molecule has 80 valence electrons. The second-order valence-corrected chi connectivity index (χ2v) is 4.39. The lowest BCUT2D eigenvalue weighted by Crippen LogP contribution is -2.37. The Morgan fingerprint density at radius 2 is 2.00 bits per heavy atom. The van der Waals surface area contributed by atoms with Crippen LogP contribution < -0.4 is 5.73 Å². The van der Waals surface area contributed by atoms with Crippen LogP contribution in [-0.4, -0.2) is 18.2 Å². The van der Waals surface area contributed by atoms with Crippen molar-refractivity contribution in [2.75, 3.05) is 0 Å². The molecular weight excluding hydrogens is 174 g/mol. The molecule has 0 aliphatic carbocycles. The predicted octanol–water partition coefficient (Wildman–Crippen LogP) is 1.79. The summed E-state index contributed by atoms with van der Waals surface area (Å²) in [5, 5.41) is 0. The highest BCUT2D eigenvalue weighted by Gasteiger charge is 2.39. The average molecular weight is 195 g/mol. The number of rotatable bonds is 3. The molecule has 5 atom stereocenters. The van der Waals surface area contributed by atoms with Crippen molar-refractivity contribution < 1.29 is 4.74 Å². The molecule has 1 fully saturated rings. The van der Waals surface area contributed by atoms with Crippen LogP contribution in [0.15, 0.2) is 0 Å². The standard InChI is InChI=1S/C12H21NO/c1-5-6-7-11(13)12-8(2)9(3)14-10(12)4/h1,8-12H,6-7,13H2,2-4H3. The smallest absolute Gasteiger partial charge is 0.0597 e. The summed E-state index contributed by atoms with van der Waals surface area (Å²) in [4.78, 5) is 0. The van der Waals surface area contributed by atoms with Crippen molar-refractivity contribution in [3.05, 3.63) is 0 Å². The van der Waals surface area contributed by atoms with Gasteiger partial charge in [0.05, 0.1) is 12.2 Å². The van der Waals surface area contributed by atoms with Crippen LogP contribution in [0.2, 0.25) is 0 Å². The summed E-state index contributed by atoms with van der Waals surface area (Å²) in [6.07, 6.45) is 7.51. The van der Waals surface area contributed by atoms with E-state index in [4.69, 9.17) is 16.9 Å². The van der Waals surface area contributed by atoms with Crippen LogP contribution in [0, 0.1) is 24.2 Å². The SMILES string of the molecule is C#CCCC(N)C1C(C)OC(C)C1C. The third-order valence-corrected chi connectivity index (χ3v) is 3.44. The summed E-state index contributed by atoms with van der Waals surface area (Å²) in [5.41, 5.74) is 6.13. The molecule has 0 aromatic rings. The molecule has 0 radical (unpaired) electrons. The maximum Gasteiger partial charge on any atom is 0.0597 e. The lowest BCUT2D eigenvalue weighted by atomic mass is 9.82. The molecule has 0 spiro atoms. The first-order chi connectivity index (χ1) is 6.57. The Kier molecular flexibility index (Phi) is 3.97. The van der Waals surface area contributed by atoms with Crippen LogP contribution in [0.1, 0.15) is 33.6 Å². The van der Waals surface area contributed by atoms with Gasteiger partial charge in [0.2, 0.25) is 0 Å². The summed E-state index contributed by atoms with van der Waals surface area (Å²) in [6, 6.07) is 0.181. The molecule has 2 heteroatoms. The minimum atomic E-state index is 0.181. The second-order valence-electron chi connectivity index (χ2n) is 4.39. The largest absolute Gasteiger partial charge is 0.375 e. The molecule has 1 rings (SSSR count). The molecule has 0 saturated carbocycles. The first kappa shape index (κ1) is 11.6. The predicted molar refractivity (Wildman–Crippen MR) is 58.7 cm³/mol. The van der Waals surface area contributed by atoms with Crippen molar-refractivity contribution in [3.63, 3.8) is 0 Å². The lowest BCUT2D eigenvalue weighted by Gasteiger charge is -2.25. The number of nitrogens with two attached hydrogens (primary N) is 1. The fourth-order valence-corrected chi connectivity index (χ4v) is 2.47. The van der Waals surface area contributed by atoms with Gasteiger partial charge in [-0.3, -0.25) is 0 Å². The number of ether oxygens (including phenoxy) is 1. The highest BCUT2D eigenvalue weighted by atomic mass is 16.5. The molecular formula is C12H21NO. The fraction of sp³-hybridized carbons (Fsp3) is 0.833. The van der Waals surface area contributed by atoms with Gasteiger partial charge in [0.25, 0.3) is 0 Å². The monoisotopic (exact) mass is 195 g/mol. The molecule has 5 unspecified atom stereocenters. The molecule has 1 saturated heterocycles. The first-order valence-corrected chi connectivity index (χ1v) is 5.42. The zero-order valence-corrected chi connectivity index (χ0v) is 9.36. The third kappa shape index (κ3) is 2.29. The van der Waals surface area contributed by atoms with E-state index in [0.29, 0.717) is 17.9 Å². The third-order valence-electron chi connectivity index (χ3n) is 3.44. The van der Waals surface area contributed by atoms with E-state index < -0.39 is 0 Å². The van der Waals surface area contributed by atoms with Gasteiger partial charge in [0, 0.05) is 18.4 Å². The van der Waals surface area contributed by atoms with E-state index in [1.165, 1.54) is 0 Å². The zero-order valence-electron chi connectivity index (χ0n) is 9.36. The van der Waals surface area contributed by atoms with Gasteiger partial charge in [0.15, 0.2) is 0 Å². The lowest BCUT2D eigenvalue weighted by molar-refractivity contribution is 0.0488. The van der Waals surface area contributed by atoms with Crippen molar-refractivity contribution in [2.24, 2.45) is 17.6 Å². The van der Waals surface area contributed by atoms with Crippen LogP contribution >= 0.6 is 0 Å². The van der Waals surface area contributed by atoms with Crippen molar-refractivity contribution in [3.8, 4) is 12.3 Å². The number of hydrogen-bond acceptors (Lipinski definition) is 2. The van der Waals surface area contributed by atoms with Gasteiger partial charge in [-0.1, -0.05) is 6.92 Å². The summed E-state index contributed by atoms with van der Waals surface area (Å²) >= 11 is 0. The maximum atomic E-state index is 6.13. The molecule has 0 aromatic carbocycles. The highest BCUT2D eigenvalue weighted by Crippen LogP contribution is 2.34. The van der Waals surface area contributed by atoms with Crippen molar-refractivity contribution in [2.45, 2.75) is 51.9 Å². The highest BCUT2D eigenvalue weighted by molar-refractivity contribution is 4.93. The molecule has 0 amide bonds. The molecule has 2 N–H and O–H groups in total. The minimum absolute atomic E-state index is 0.181. The Morgan fingerprint density at radius 3 is 2.43 bits per heavy atom. The van der Waals surface area contributed by atoms with Crippen LogP contribution in [0.3, 0.4) is 0 Å². The van der Waals surface area contributed by atoms with Gasteiger partial charge in [-0.25, -0.2) is 0 Å². The Balaban J connectivity index is 2.54. The van der Waals surface area contributed by atoms with Crippen LogP contribution in [0.5, 0.6) is 0 Å². The summed E-state index contributed by atoms with van der Waals surface area (Å²) in [6.45, 7) is 6.45. The van der Waals surface area contributed by atoms with Crippen LogP contribution in [0.4, 0.5) is 0 Å². The molecule has 2 nitrogen and oxygen atoms in total. The fourth-order valence-electron chi connectivity index (χ4n) is 2.47. The Bertz CT molecular complexity index is 221. The van der Waals surface area contributed by atoms with E-state index in [2.05, 4.69) is 26.7 Å². The van der Waals surface area contributed by atoms with E-state index >= 15 is 0 Å². The Morgan fingerprint density at radius 1 is 1.36 bits per heavy atom. The summed E-state index contributed by atoms with van der Waals surface area (Å²) in [7, 11) is 0. The Hall–Kier alpha value is -0.520. The molecule has 1 aliphatic heterocycles. The quantitative estimate of drug-likeness (QED) is 0.697. The van der Waals surface area contributed by atoms with E-state index in [-0.39, 0.29) is 12.1 Å². The van der Waals surface area contributed by atoms with E-state index in [9.17, 15) is 0 Å². The number of hydrogen-bond donors (Lipinski definition) is 1. The first-order valence-electron chi connectivity index (χ1n) is 5.42. The van der Waals surface area contributed by atoms with E-state index in [1.807, 2.05) is 0 Å². The van der Waals surface area contributed by atoms with Crippen molar-refractivity contribution in [1.29, 1.82) is 0 Å². The molecule has 1 aliphatic rings. The summed E-state index contributed by atoms with van der Waals surface area (Å²) in [5.74, 6) is 3.64. The van der Waals surface area contributed by atoms with Gasteiger partial charge in [0.1, 0.15) is 0 Å². The zero-order chi connectivity index (χ0) is 10.7. The summed E-state index contributed by atoms with van der Waals surface area (Å²) < 4.78 is 5.76. The van der Waals surface area contributed by atoms with Crippen molar-refractivity contribution in [1.82, 2.24) is 0 Å². The van der Waals surface area contributed by atoms with Gasteiger partial charge in [-0.05, 0) is 26.2 Å². The molecule has 0 bridgehead atoms. The topological polar surface area (TPSA) is 35.2 Å². The average Bonchev–Trinajstić information content (AvgIpc) is 2.38. The number of terminal acetylenes is 1. The van der Waals surface area contributed by atoms with Crippen LogP contribution in [-0.2, 0) is 4.74 Å². The van der Waals surface area contributed by atoms with E-state index in [1.54, 1.807) is 0 Å². The maximum absolute atomic E-state index is 6.13.